The average Bonchev–Trinajstić information content (AvgIpc) is 2.63. The molecule has 1 aliphatic heterocycles. The van der Waals surface area contributed by atoms with Crippen molar-refractivity contribution in [2.45, 2.75) is 6.54 Å². The van der Waals surface area contributed by atoms with Gasteiger partial charge in [-0.1, -0.05) is 23.7 Å². The number of anilines is 1. The van der Waals surface area contributed by atoms with E-state index in [0.29, 0.717) is 29.0 Å². The van der Waals surface area contributed by atoms with Crippen molar-refractivity contribution in [3.63, 3.8) is 0 Å². The third-order valence-electron chi connectivity index (χ3n) is 4.01. The third kappa shape index (κ3) is 3.49. The van der Waals surface area contributed by atoms with Gasteiger partial charge in [-0.3, -0.25) is 0 Å². The number of fused-ring (bicyclic) bond motifs is 1. The molecule has 3 aromatic rings. The van der Waals surface area contributed by atoms with Crippen molar-refractivity contribution in [2.75, 3.05) is 10.5 Å². The highest BCUT2D eigenvalue weighted by atomic mass is 35.5. The van der Waals surface area contributed by atoms with Crippen molar-refractivity contribution in [3.8, 4) is 22.8 Å². The molecule has 1 aliphatic rings. The van der Waals surface area contributed by atoms with Gasteiger partial charge in [-0.15, -0.1) is 0 Å². The van der Waals surface area contributed by atoms with Crippen LogP contribution in [0, 0.1) is 0 Å². The van der Waals surface area contributed by atoms with Crippen LogP contribution < -0.4 is 14.0 Å². The number of nitrogens with zero attached hydrogens (tertiary/aromatic N) is 2. The van der Waals surface area contributed by atoms with Crippen LogP contribution in [0.2, 0.25) is 5.02 Å². The first-order valence-corrected chi connectivity index (χ1v) is 9.96. The number of hydrogen-bond acceptors (Lipinski definition) is 4. The molecule has 4 rings (SSSR count). The van der Waals surface area contributed by atoms with E-state index < -0.39 is 10.0 Å². The zero-order chi connectivity index (χ0) is 18.1. The van der Waals surface area contributed by atoms with E-state index in [0.717, 1.165) is 11.1 Å². The summed E-state index contributed by atoms with van der Waals surface area (Å²) >= 11 is 5.81. The summed E-state index contributed by atoms with van der Waals surface area (Å²) < 4.78 is 34.1. The molecule has 0 fully saturated rings. The number of aryl methyl sites for hydroxylation is 1. The molecule has 132 valence electrons. The van der Waals surface area contributed by atoms with E-state index in [2.05, 4.69) is 9.71 Å². The zero-order valence-corrected chi connectivity index (χ0v) is 15.2. The molecule has 0 bridgehead atoms. The van der Waals surface area contributed by atoms with Gasteiger partial charge in [0.25, 0.3) is 5.82 Å². The third-order valence-corrected chi connectivity index (χ3v) is 5.46. The van der Waals surface area contributed by atoms with Crippen LogP contribution in [0.1, 0.15) is 0 Å². The molecule has 0 spiro atoms. The second-order valence-electron chi connectivity index (χ2n) is 5.83. The molecule has 1 aromatic carbocycles. The number of nitrogens with one attached hydrogen (secondary N) is 1. The summed E-state index contributed by atoms with van der Waals surface area (Å²) in [5.41, 5.74) is 1.70. The number of halogens is 1. The number of pyridine rings is 2. The zero-order valence-electron chi connectivity index (χ0n) is 13.6. The Balaban J connectivity index is 1.63. The summed E-state index contributed by atoms with van der Waals surface area (Å²) in [5.74, 6) is 1.73. The maximum absolute atomic E-state index is 11.9. The standard InChI is InChI=1S/C18H14ClN3O3S/c19-14-5-8-17(20-12-14)25-15-6-3-13(4-7-15)16-2-1-9-22-10-11-26(23,24)21-18(16)22/h1-9,12H,10-11H2/p+1. The topological polar surface area (TPSA) is 72.2 Å². The lowest BCUT2D eigenvalue weighted by atomic mass is 10.1. The highest BCUT2D eigenvalue weighted by Gasteiger charge is 2.29. The molecule has 0 atom stereocenters. The highest BCUT2D eigenvalue weighted by Crippen LogP contribution is 2.29. The molecule has 6 nitrogen and oxygen atoms in total. The Hall–Kier alpha value is -2.64. The molecule has 3 heterocycles. The predicted octanol–water partition coefficient (Wildman–Crippen LogP) is 3.24. The first-order valence-electron chi connectivity index (χ1n) is 7.93. The first kappa shape index (κ1) is 16.8. The van der Waals surface area contributed by atoms with Crippen LogP contribution in [0.15, 0.2) is 60.9 Å². The van der Waals surface area contributed by atoms with Crippen molar-refractivity contribution in [2.24, 2.45) is 0 Å². The molecule has 0 aliphatic carbocycles. The van der Waals surface area contributed by atoms with Gasteiger partial charge < -0.3 is 4.74 Å². The number of ether oxygens (including phenoxy) is 1. The Bertz CT molecular complexity index is 1050. The minimum Gasteiger partial charge on any atom is -0.439 e. The van der Waals surface area contributed by atoms with Crippen LogP contribution in [0.25, 0.3) is 11.1 Å². The Labute approximate surface area is 156 Å². The molecule has 0 amide bonds. The van der Waals surface area contributed by atoms with E-state index in [1.165, 1.54) is 6.20 Å². The highest BCUT2D eigenvalue weighted by molar-refractivity contribution is 7.92. The molecule has 2 aromatic heterocycles. The monoisotopic (exact) mass is 388 g/mol. The van der Waals surface area contributed by atoms with Gasteiger partial charge in [-0.05, 0) is 35.9 Å². The van der Waals surface area contributed by atoms with Gasteiger partial charge in [0.05, 0.1) is 16.8 Å². The minimum atomic E-state index is -3.29. The van der Waals surface area contributed by atoms with Crippen molar-refractivity contribution >= 4 is 27.4 Å². The van der Waals surface area contributed by atoms with Gasteiger partial charge in [0.2, 0.25) is 5.88 Å². The summed E-state index contributed by atoms with van der Waals surface area (Å²) in [6.07, 6.45) is 3.38. The number of benzene rings is 1. The van der Waals surface area contributed by atoms with Crippen LogP contribution in [0.3, 0.4) is 0 Å². The largest absolute Gasteiger partial charge is 0.439 e. The summed E-state index contributed by atoms with van der Waals surface area (Å²) in [7, 11) is -3.29. The Morgan fingerprint density at radius 1 is 1.12 bits per heavy atom. The molecule has 0 saturated heterocycles. The Kier molecular flexibility index (Phi) is 4.26. The van der Waals surface area contributed by atoms with E-state index in [-0.39, 0.29) is 5.75 Å². The van der Waals surface area contributed by atoms with Crippen molar-refractivity contribution in [1.82, 2.24) is 4.98 Å². The van der Waals surface area contributed by atoms with E-state index in [1.54, 1.807) is 12.1 Å². The van der Waals surface area contributed by atoms with Crippen LogP contribution >= 0.6 is 11.6 Å². The normalized spacial score (nSPS) is 15.0. The van der Waals surface area contributed by atoms with E-state index in [9.17, 15) is 8.42 Å². The molecule has 8 heteroatoms. The molecule has 1 N–H and O–H groups in total. The van der Waals surface area contributed by atoms with Gasteiger partial charge in [-0.2, -0.15) is 13.1 Å². The summed E-state index contributed by atoms with van der Waals surface area (Å²) in [6, 6.07) is 14.6. The second kappa shape index (κ2) is 6.59. The summed E-state index contributed by atoms with van der Waals surface area (Å²) in [4.78, 5) is 4.09. The summed E-state index contributed by atoms with van der Waals surface area (Å²) in [6.45, 7) is 0.432. The predicted molar refractivity (Wildman–Crippen MR) is 98.8 cm³/mol. The Morgan fingerprint density at radius 3 is 2.65 bits per heavy atom. The maximum atomic E-state index is 11.9. The maximum Gasteiger partial charge on any atom is 0.302 e. The lowest BCUT2D eigenvalue weighted by Crippen LogP contribution is -2.47. The van der Waals surface area contributed by atoms with Crippen LogP contribution in [0.5, 0.6) is 11.6 Å². The molecule has 26 heavy (non-hydrogen) atoms. The Morgan fingerprint density at radius 2 is 1.92 bits per heavy atom. The number of aromatic nitrogens is 2. The number of sulfonamides is 1. The van der Waals surface area contributed by atoms with E-state index >= 15 is 0 Å². The van der Waals surface area contributed by atoms with Crippen LogP contribution in [0.4, 0.5) is 5.82 Å². The van der Waals surface area contributed by atoms with E-state index in [4.69, 9.17) is 16.3 Å². The molecular formula is C18H15ClN3O3S+. The SMILES string of the molecule is O=S1(=O)CC[n+]2cccc(-c3ccc(Oc4ccc(Cl)cn4)cc3)c2N1. The smallest absolute Gasteiger partial charge is 0.302 e. The van der Waals surface area contributed by atoms with Gasteiger partial charge >= 0.3 is 10.0 Å². The lowest BCUT2D eigenvalue weighted by Gasteiger charge is -2.15. The van der Waals surface area contributed by atoms with Gasteiger partial charge in [-0.25, -0.2) is 9.55 Å². The van der Waals surface area contributed by atoms with Gasteiger partial charge in [0, 0.05) is 12.3 Å². The first-order chi connectivity index (χ1) is 12.5. The molecule has 0 radical (unpaired) electrons. The van der Waals surface area contributed by atoms with E-state index in [1.807, 2.05) is 47.2 Å². The van der Waals surface area contributed by atoms with Crippen LogP contribution in [-0.4, -0.2) is 19.2 Å². The fraction of sp³-hybridized carbons (Fsp3) is 0.111. The van der Waals surface area contributed by atoms with Crippen molar-refractivity contribution in [1.29, 1.82) is 0 Å². The lowest BCUT2D eigenvalue weighted by molar-refractivity contribution is -0.679. The number of rotatable bonds is 3. The van der Waals surface area contributed by atoms with Gasteiger partial charge in [0.15, 0.2) is 0 Å². The molecule has 0 unspecified atom stereocenters. The quantitative estimate of drug-likeness (QED) is 0.699. The van der Waals surface area contributed by atoms with Gasteiger partial charge in [0.1, 0.15) is 18.0 Å². The minimum absolute atomic E-state index is 0.0784. The fourth-order valence-corrected chi connectivity index (χ4v) is 3.92. The molecular weight excluding hydrogens is 374 g/mol. The fourth-order valence-electron chi connectivity index (χ4n) is 2.75. The molecule has 0 saturated carbocycles. The van der Waals surface area contributed by atoms with Crippen molar-refractivity contribution in [3.05, 3.63) is 65.9 Å². The second-order valence-corrected chi connectivity index (χ2v) is 8.10. The average molecular weight is 389 g/mol. The van der Waals surface area contributed by atoms with Crippen molar-refractivity contribution < 1.29 is 17.7 Å². The summed E-state index contributed by atoms with van der Waals surface area (Å²) in [5, 5.41) is 0.543. The number of hydrogen-bond donors (Lipinski definition) is 1. The van der Waals surface area contributed by atoms with Crippen LogP contribution in [-0.2, 0) is 16.6 Å².